The van der Waals surface area contributed by atoms with Crippen LogP contribution in [0.25, 0.3) is 0 Å². The van der Waals surface area contributed by atoms with Crippen molar-refractivity contribution in [1.29, 1.82) is 0 Å². The van der Waals surface area contributed by atoms with Crippen LogP contribution in [0.3, 0.4) is 0 Å². The van der Waals surface area contributed by atoms with E-state index in [-0.39, 0.29) is 18.6 Å². The van der Waals surface area contributed by atoms with Gasteiger partial charge in [0.25, 0.3) is 0 Å². The number of aliphatic hydroxyl groups excluding tert-OH is 1. The van der Waals surface area contributed by atoms with E-state index < -0.39 is 0 Å². The van der Waals surface area contributed by atoms with E-state index in [1.165, 1.54) is 0 Å². The van der Waals surface area contributed by atoms with Gasteiger partial charge < -0.3 is 10.4 Å². The zero-order valence-electron chi connectivity index (χ0n) is 13.5. The van der Waals surface area contributed by atoms with Crippen LogP contribution in [0, 0.1) is 19.8 Å². The number of nitrogens with zero attached hydrogens (tertiary/aromatic N) is 1. The van der Waals surface area contributed by atoms with Crippen molar-refractivity contribution < 1.29 is 9.90 Å². The van der Waals surface area contributed by atoms with Crippen molar-refractivity contribution in [3.8, 4) is 0 Å². The van der Waals surface area contributed by atoms with E-state index in [4.69, 9.17) is 11.6 Å². The Balaban J connectivity index is 2.00. The van der Waals surface area contributed by atoms with Gasteiger partial charge in [-0.2, -0.15) is 0 Å². The molecule has 22 heavy (non-hydrogen) atoms. The molecule has 1 saturated heterocycles. The van der Waals surface area contributed by atoms with Gasteiger partial charge in [0, 0.05) is 6.61 Å². The number of carbonyl (C=O) groups excluding carboxylic acids is 1. The zero-order valence-corrected chi connectivity index (χ0v) is 14.3. The number of anilines is 1. The summed E-state index contributed by atoms with van der Waals surface area (Å²) >= 11 is 6.25. The summed E-state index contributed by atoms with van der Waals surface area (Å²) in [5.41, 5.74) is 2.76. The molecule has 2 N–H and O–H groups in total. The van der Waals surface area contributed by atoms with Crippen LogP contribution in [-0.4, -0.2) is 41.7 Å². The highest BCUT2D eigenvalue weighted by atomic mass is 35.5. The Kier molecular flexibility index (Phi) is 5.84. The van der Waals surface area contributed by atoms with Gasteiger partial charge in [-0.05, 0) is 69.8 Å². The van der Waals surface area contributed by atoms with E-state index in [9.17, 15) is 9.90 Å². The fourth-order valence-electron chi connectivity index (χ4n) is 2.99. The van der Waals surface area contributed by atoms with E-state index >= 15 is 0 Å². The number of halogens is 1. The number of nitrogens with one attached hydrogen (secondary N) is 1. The number of aryl methyl sites for hydroxylation is 2. The van der Waals surface area contributed by atoms with E-state index in [2.05, 4.69) is 10.2 Å². The first kappa shape index (κ1) is 17.3. The summed E-state index contributed by atoms with van der Waals surface area (Å²) in [6, 6.07) is 3.68. The van der Waals surface area contributed by atoms with E-state index in [1.807, 2.05) is 32.9 Å². The van der Waals surface area contributed by atoms with Gasteiger partial charge in [-0.1, -0.05) is 17.7 Å². The summed E-state index contributed by atoms with van der Waals surface area (Å²) in [5, 5.41) is 12.7. The number of carbonyl (C=O) groups is 1. The van der Waals surface area contributed by atoms with Gasteiger partial charge >= 0.3 is 0 Å². The standard InChI is InChI=1S/C17H25ClN2O2/c1-11-8-12(2)16(15(18)9-11)19-17(22)13(3)20-6-4-14(10-21)5-7-20/h8-9,13-14,21H,4-7,10H2,1-3H3,(H,19,22). The van der Waals surface area contributed by atoms with Crippen molar-refractivity contribution in [2.75, 3.05) is 25.0 Å². The number of rotatable bonds is 4. The SMILES string of the molecule is Cc1cc(C)c(NC(=O)C(C)N2CCC(CO)CC2)c(Cl)c1. The molecule has 1 unspecified atom stereocenters. The number of piperidine rings is 1. The van der Waals surface area contributed by atoms with Gasteiger partial charge in [0.05, 0.1) is 16.8 Å². The summed E-state index contributed by atoms with van der Waals surface area (Å²) in [7, 11) is 0. The Bertz CT molecular complexity index is 516. The van der Waals surface area contributed by atoms with Crippen molar-refractivity contribution in [1.82, 2.24) is 4.90 Å². The molecule has 122 valence electrons. The highest BCUT2D eigenvalue weighted by Gasteiger charge is 2.26. The van der Waals surface area contributed by atoms with Gasteiger partial charge in [0.15, 0.2) is 0 Å². The predicted molar refractivity (Wildman–Crippen MR) is 90.4 cm³/mol. The minimum absolute atomic E-state index is 0.0312. The molecule has 0 saturated carbocycles. The van der Waals surface area contributed by atoms with Gasteiger partial charge in [0.1, 0.15) is 0 Å². The average Bonchev–Trinajstić information content (AvgIpc) is 2.50. The topological polar surface area (TPSA) is 52.6 Å². The third kappa shape index (κ3) is 4.00. The van der Waals surface area contributed by atoms with Crippen molar-refractivity contribution in [3.63, 3.8) is 0 Å². The molecule has 1 atom stereocenters. The third-order valence-corrected chi connectivity index (χ3v) is 4.81. The molecular formula is C17H25ClN2O2. The molecule has 1 aromatic carbocycles. The Hall–Kier alpha value is -1.10. The Labute approximate surface area is 137 Å². The highest BCUT2D eigenvalue weighted by Crippen LogP contribution is 2.28. The van der Waals surface area contributed by atoms with E-state index in [0.29, 0.717) is 16.6 Å². The Morgan fingerprint density at radius 1 is 1.41 bits per heavy atom. The maximum atomic E-state index is 12.5. The average molecular weight is 325 g/mol. The second-order valence-corrected chi connectivity index (χ2v) is 6.67. The van der Waals surface area contributed by atoms with Crippen molar-refractivity contribution in [3.05, 3.63) is 28.3 Å². The van der Waals surface area contributed by atoms with Crippen LogP contribution in [0.5, 0.6) is 0 Å². The van der Waals surface area contributed by atoms with Gasteiger partial charge in [-0.3, -0.25) is 9.69 Å². The van der Waals surface area contributed by atoms with E-state index in [0.717, 1.165) is 37.1 Å². The molecule has 1 aliphatic rings. The first-order chi connectivity index (χ1) is 10.4. The summed E-state index contributed by atoms with van der Waals surface area (Å²) in [4.78, 5) is 14.7. The zero-order chi connectivity index (χ0) is 16.3. The monoisotopic (exact) mass is 324 g/mol. The summed E-state index contributed by atoms with van der Waals surface area (Å²) in [6.07, 6.45) is 1.89. The lowest BCUT2D eigenvalue weighted by atomic mass is 9.97. The molecule has 0 bridgehead atoms. The van der Waals surface area contributed by atoms with Gasteiger partial charge in [-0.15, -0.1) is 0 Å². The molecular weight excluding hydrogens is 300 g/mol. The lowest BCUT2D eigenvalue weighted by Crippen LogP contribution is -2.46. The maximum Gasteiger partial charge on any atom is 0.241 e. The summed E-state index contributed by atoms with van der Waals surface area (Å²) < 4.78 is 0. The second kappa shape index (κ2) is 7.44. The lowest BCUT2D eigenvalue weighted by molar-refractivity contribution is -0.121. The minimum Gasteiger partial charge on any atom is -0.396 e. The van der Waals surface area contributed by atoms with Crippen LogP contribution < -0.4 is 5.32 Å². The second-order valence-electron chi connectivity index (χ2n) is 6.27. The largest absolute Gasteiger partial charge is 0.396 e. The van der Waals surface area contributed by atoms with Crippen molar-refractivity contribution >= 4 is 23.2 Å². The molecule has 1 heterocycles. The first-order valence-electron chi connectivity index (χ1n) is 7.85. The molecule has 0 spiro atoms. The van der Waals surface area contributed by atoms with E-state index in [1.54, 1.807) is 0 Å². The van der Waals surface area contributed by atoms with Crippen LogP contribution in [0.1, 0.15) is 30.9 Å². The summed E-state index contributed by atoms with van der Waals surface area (Å²) in [5.74, 6) is 0.344. The molecule has 0 aliphatic carbocycles. The van der Waals surface area contributed by atoms with Crippen LogP contribution in [0.15, 0.2) is 12.1 Å². The van der Waals surface area contributed by atoms with Crippen LogP contribution in [0.4, 0.5) is 5.69 Å². The summed E-state index contributed by atoms with van der Waals surface area (Å²) in [6.45, 7) is 7.80. The third-order valence-electron chi connectivity index (χ3n) is 4.51. The van der Waals surface area contributed by atoms with Crippen LogP contribution in [0.2, 0.25) is 5.02 Å². The minimum atomic E-state index is -0.198. The molecule has 2 rings (SSSR count). The number of hydrogen-bond donors (Lipinski definition) is 2. The number of aliphatic hydroxyl groups is 1. The Morgan fingerprint density at radius 2 is 2.05 bits per heavy atom. The molecule has 1 aromatic rings. The van der Waals surface area contributed by atoms with Crippen LogP contribution >= 0.6 is 11.6 Å². The fourth-order valence-corrected chi connectivity index (χ4v) is 3.36. The van der Waals surface area contributed by atoms with Gasteiger partial charge in [-0.25, -0.2) is 0 Å². The maximum absolute atomic E-state index is 12.5. The molecule has 1 fully saturated rings. The highest BCUT2D eigenvalue weighted by molar-refractivity contribution is 6.34. The molecule has 0 aromatic heterocycles. The number of benzene rings is 1. The Morgan fingerprint density at radius 3 is 2.59 bits per heavy atom. The smallest absolute Gasteiger partial charge is 0.241 e. The fraction of sp³-hybridized carbons (Fsp3) is 0.588. The predicted octanol–water partition coefficient (Wildman–Crippen LogP) is 2.99. The van der Waals surface area contributed by atoms with Gasteiger partial charge in [0.2, 0.25) is 5.91 Å². The first-order valence-corrected chi connectivity index (χ1v) is 8.22. The number of likely N-dealkylation sites (tertiary alicyclic amines) is 1. The molecule has 0 radical (unpaired) electrons. The quantitative estimate of drug-likeness (QED) is 0.895. The van der Waals surface area contributed by atoms with Crippen LogP contribution in [-0.2, 0) is 4.79 Å². The van der Waals surface area contributed by atoms with Crippen molar-refractivity contribution in [2.24, 2.45) is 5.92 Å². The number of hydrogen-bond acceptors (Lipinski definition) is 3. The molecule has 4 nitrogen and oxygen atoms in total. The normalized spacial score (nSPS) is 18.2. The number of amides is 1. The lowest BCUT2D eigenvalue weighted by Gasteiger charge is -2.34. The molecule has 5 heteroatoms. The molecule has 1 aliphatic heterocycles. The van der Waals surface area contributed by atoms with Crippen molar-refractivity contribution in [2.45, 2.75) is 39.7 Å². The molecule has 1 amide bonds.